The molecule has 104 valence electrons. The fraction of sp³-hybridized carbons (Fsp3) is 0.0833. The van der Waals surface area contributed by atoms with Gasteiger partial charge in [0.25, 0.3) is 5.91 Å². The van der Waals surface area contributed by atoms with Crippen LogP contribution in [0.25, 0.3) is 0 Å². The van der Waals surface area contributed by atoms with E-state index < -0.39 is 5.91 Å². The number of thiazole rings is 1. The molecule has 1 aromatic heterocycles. The zero-order valence-electron chi connectivity index (χ0n) is 10.0. The highest BCUT2D eigenvalue weighted by Crippen LogP contribution is 2.23. The van der Waals surface area contributed by atoms with Crippen LogP contribution in [0.1, 0.15) is 16.1 Å². The Morgan fingerprint density at radius 3 is 2.70 bits per heavy atom. The lowest BCUT2D eigenvalue weighted by Gasteiger charge is -2.03. The largest absolute Gasteiger partial charge is 0.369 e. The van der Waals surface area contributed by atoms with Crippen molar-refractivity contribution in [3.63, 3.8) is 0 Å². The molecule has 1 heterocycles. The molecule has 0 saturated heterocycles. The number of nitrogens with two attached hydrogens (primary N) is 1. The lowest BCUT2D eigenvalue weighted by molar-refractivity contribution is -0.117. The monoisotopic (exact) mass is 329 g/mol. The third kappa shape index (κ3) is 3.69. The molecule has 2 amide bonds. The summed E-state index contributed by atoms with van der Waals surface area (Å²) in [5.74, 6) is -0.832. The average Bonchev–Trinajstić information content (AvgIpc) is 2.79. The normalized spacial score (nSPS) is 10.3. The Bertz CT molecular complexity index is 672. The van der Waals surface area contributed by atoms with Crippen molar-refractivity contribution in [3.8, 4) is 0 Å². The smallest absolute Gasteiger partial charge is 0.257 e. The second-order valence-electron chi connectivity index (χ2n) is 3.87. The SMILES string of the molecule is NC(=O)Cc1csc(NC(=O)c2ccc(Cl)c(Cl)c2)n1. The second kappa shape index (κ2) is 6.21. The zero-order chi connectivity index (χ0) is 14.7. The summed E-state index contributed by atoms with van der Waals surface area (Å²) in [5, 5.41) is 5.34. The van der Waals surface area contributed by atoms with E-state index in [2.05, 4.69) is 10.3 Å². The van der Waals surface area contributed by atoms with Crippen LogP contribution in [0.3, 0.4) is 0 Å². The van der Waals surface area contributed by atoms with Crippen molar-refractivity contribution in [2.45, 2.75) is 6.42 Å². The van der Waals surface area contributed by atoms with Crippen LogP contribution < -0.4 is 11.1 Å². The van der Waals surface area contributed by atoms with Gasteiger partial charge < -0.3 is 5.73 Å². The van der Waals surface area contributed by atoms with E-state index in [0.29, 0.717) is 26.4 Å². The van der Waals surface area contributed by atoms with Gasteiger partial charge in [0.15, 0.2) is 5.13 Å². The van der Waals surface area contributed by atoms with Crippen molar-refractivity contribution in [3.05, 3.63) is 44.9 Å². The average molecular weight is 330 g/mol. The lowest BCUT2D eigenvalue weighted by Crippen LogP contribution is -2.14. The molecule has 2 aromatic rings. The molecule has 0 aliphatic carbocycles. The quantitative estimate of drug-likeness (QED) is 0.904. The molecule has 1 aromatic carbocycles. The minimum absolute atomic E-state index is 0.0408. The van der Waals surface area contributed by atoms with Crippen LogP contribution in [0.2, 0.25) is 10.0 Å². The molecule has 0 aliphatic rings. The fourth-order valence-electron chi connectivity index (χ4n) is 1.43. The number of hydrogen-bond donors (Lipinski definition) is 2. The van der Waals surface area contributed by atoms with E-state index in [-0.39, 0.29) is 12.3 Å². The highest BCUT2D eigenvalue weighted by molar-refractivity contribution is 7.14. The number of nitrogens with zero attached hydrogens (tertiary/aromatic N) is 1. The first-order valence-corrected chi connectivity index (χ1v) is 7.08. The molecule has 20 heavy (non-hydrogen) atoms. The molecular formula is C12H9Cl2N3O2S. The van der Waals surface area contributed by atoms with E-state index in [0.717, 1.165) is 0 Å². The van der Waals surface area contributed by atoms with Gasteiger partial charge >= 0.3 is 0 Å². The van der Waals surface area contributed by atoms with Gasteiger partial charge in [0.2, 0.25) is 5.91 Å². The summed E-state index contributed by atoms with van der Waals surface area (Å²) >= 11 is 12.8. The van der Waals surface area contributed by atoms with Crippen molar-refractivity contribution in [1.29, 1.82) is 0 Å². The van der Waals surface area contributed by atoms with Gasteiger partial charge in [-0.3, -0.25) is 14.9 Å². The summed E-state index contributed by atoms with van der Waals surface area (Å²) in [6.07, 6.45) is 0.0408. The highest BCUT2D eigenvalue weighted by Gasteiger charge is 2.11. The molecule has 5 nitrogen and oxygen atoms in total. The summed E-state index contributed by atoms with van der Waals surface area (Å²) in [4.78, 5) is 26.8. The van der Waals surface area contributed by atoms with Crippen LogP contribution in [-0.4, -0.2) is 16.8 Å². The number of primary amides is 1. The predicted molar refractivity (Wildman–Crippen MR) is 79.4 cm³/mol. The molecular weight excluding hydrogens is 321 g/mol. The zero-order valence-corrected chi connectivity index (χ0v) is 12.4. The van der Waals surface area contributed by atoms with Crippen LogP contribution in [-0.2, 0) is 11.2 Å². The molecule has 0 unspecified atom stereocenters. The molecule has 0 aliphatic heterocycles. The van der Waals surface area contributed by atoms with E-state index >= 15 is 0 Å². The van der Waals surface area contributed by atoms with Gasteiger partial charge in [-0.25, -0.2) is 4.98 Å². The Hall–Kier alpha value is -1.63. The number of anilines is 1. The Kier molecular flexibility index (Phi) is 4.59. The Balaban J connectivity index is 2.09. The van der Waals surface area contributed by atoms with E-state index in [1.54, 1.807) is 17.5 Å². The molecule has 0 atom stereocenters. The number of carbonyl (C=O) groups excluding carboxylic acids is 2. The summed E-state index contributed by atoms with van der Waals surface area (Å²) in [6.45, 7) is 0. The van der Waals surface area contributed by atoms with Crippen LogP contribution in [0.4, 0.5) is 5.13 Å². The third-order valence-corrected chi connectivity index (χ3v) is 3.85. The van der Waals surface area contributed by atoms with Gasteiger partial charge in [-0.2, -0.15) is 0 Å². The molecule has 8 heteroatoms. The van der Waals surface area contributed by atoms with Gasteiger partial charge in [0.05, 0.1) is 22.2 Å². The molecule has 2 rings (SSSR count). The van der Waals surface area contributed by atoms with E-state index in [1.165, 1.54) is 17.4 Å². The Morgan fingerprint density at radius 2 is 2.05 bits per heavy atom. The Morgan fingerprint density at radius 1 is 1.30 bits per heavy atom. The minimum Gasteiger partial charge on any atom is -0.369 e. The second-order valence-corrected chi connectivity index (χ2v) is 5.54. The van der Waals surface area contributed by atoms with Crippen molar-refractivity contribution < 1.29 is 9.59 Å². The molecule has 0 saturated carbocycles. The van der Waals surface area contributed by atoms with E-state index in [1.807, 2.05) is 0 Å². The standard InChI is InChI=1S/C12H9Cl2N3O2S/c13-8-2-1-6(3-9(8)14)11(19)17-12-16-7(5-20-12)4-10(15)18/h1-3,5H,4H2,(H2,15,18)(H,16,17,19). The van der Waals surface area contributed by atoms with Crippen molar-refractivity contribution >= 4 is 51.5 Å². The van der Waals surface area contributed by atoms with Crippen LogP contribution >= 0.6 is 34.5 Å². The topological polar surface area (TPSA) is 85.1 Å². The summed E-state index contributed by atoms with van der Waals surface area (Å²) in [5.41, 5.74) is 5.96. The number of carbonyl (C=O) groups is 2. The van der Waals surface area contributed by atoms with Crippen LogP contribution in [0.5, 0.6) is 0 Å². The molecule has 0 bridgehead atoms. The molecule has 0 radical (unpaired) electrons. The van der Waals surface area contributed by atoms with Crippen LogP contribution in [0, 0.1) is 0 Å². The summed E-state index contributed by atoms with van der Waals surface area (Å²) in [7, 11) is 0. The Labute approximate surface area is 128 Å². The number of hydrogen-bond acceptors (Lipinski definition) is 4. The summed E-state index contributed by atoms with van der Waals surface area (Å²) < 4.78 is 0. The van der Waals surface area contributed by atoms with Gasteiger partial charge in [0.1, 0.15) is 0 Å². The number of aromatic nitrogens is 1. The maximum absolute atomic E-state index is 12.0. The molecule has 0 spiro atoms. The maximum Gasteiger partial charge on any atom is 0.257 e. The minimum atomic E-state index is -0.474. The number of benzene rings is 1. The predicted octanol–water partition coefficient (Wildman–Crippen LogP) is 2.73. The van der Waals surface area contributed by atoms with Crippen molar-refractivity contribution in [2.24, 2.45) is 5.73 Å². The fourth-order valence-corrected chi connectivity index (χ4v) is 2.43. The van der Waals surface area contributed by atoms with Gasteiger partial charge in [-0.1, -0.05) is 23.2 Å². The number of amides is 2. The number of nitrogens with one attached hydrogen (secondary N) is 1. The highest BCUT2D eigenvalue weighted by atomic mass is 35.5. The molecule has 0 fully saturated rings. The number of rotatable bonds is 4. The maximum atomic E-state index is 12.0. The van der Waals surface area contributed by atoms with Gasteiger partial charge in [0, 0.05) is 10.9 Å². The summed E-state index contributed by atoms with van der Waals surface area (Å²) in [6, 6.07) is 4.57. The van der Waals surface area contributed by atoms with Gasteiger partial charge in [-0.05, 0) is 18.2 Å². The van der Waals surface area contributed by atoms with Gasteiger partial charge in [-0.15, -0.1) is 11.3 Å². The third-order valence-electron chi connectivity index (χ3n) is 2.31. The molecule has 3 N–H and O–H groups in total. The van der Waals surface area contributed by atoms with Crippen LogP contribution in [0.15, 0.2) is 23.6 Å². The van der Waals surface area contributed by atoms with E-state index in [9.17, 15) is 9.59 Å². The first-order valence-electron chi connectivity index (χ1n) is 5.45. The van der Waals surface area contributed by atoms with Crippen molar-refractivity contribution in [1.82, 2.24) is 4.98 Å². The van der Waals surface area contributed by atoms with Crippen molar-refractivity contribution in [2.75, 3.05) is 5.32 Å². The lowest BCUT2D eigenvalue weighted by atomic mass is 10.2. The first-order chi connectivity index (χ1) is 9.45. The van der Waals surface area contributed by atoms with E-state index in [4.69, 9.17) is 28.9 Å². The number of halogens is 2. The first kappa shape index (κ1) is 14.8.